The van der Waals surface area contributed by atoms with Gasteiger partial charge in [0.2, 0.25) is 0 Å². The summed E-state index contributed by atoms with van der Waals surface area (Å²) in [5.74, 6) is 0. The monoisotopic (exact) mass is 2780 g/mol. The fourth-order valence-electron chi connectivity index (χ4n) is 0. The van der Waals surface area contributed by atoms with E-state index in [9.17, 15) is 0 Å². The molecule has 0 N–H and O–H groups in total. The van der Waals surface area contributed by atoms with Gasteiger partial charge in [-0.25, -0.2) is 0 Å². The largest absolute Gasteiger partial charge is 1.00 e. The van der Waals surface area contributed by atoms with Crippen molar-refractivity contribution < 1.29 is 684 Å². The molecule has 0 rings (SSSR count). The van der Waals surface area contributed by atoms with E-state index in [1.165, 1.54) is 0 Å². The first-order valence-corrected chi connectivity index (χ1v) is 0. The zero-order valence-electron chi connectivity index (χ0n) is 21.9. The van der Waals surface area contributed by atoms with E-state index in [1.54, 1.807) is 0 Å². The van der Waals surface area contributed by atoms with E-state index >= 15 is 0 Å². The summed E-state index contributed by atoms with van der Waals surface area (Å²) in [5.41, 5.74) is 0. The normalized spacial score (nSPS) is 0. The molecule has 0 aromatic carbocycles. The molecule has 0 aromatic rings. The topological polar surface area (TPSA) is 0 Å². The Morgan fingerprint density at radius 3 is 0.0750 bits per heavy atom. The summed E-state index contributed by atoms with van der Waals surface area (Å²) in [6.45, 7) is 0. The van der Waals surface area contributed by atoms with Crippen LogP contribution in [-0.2, 0) is 0 Å². The minimum absolute atomic E-state index is 0. The summed E-state index contributed by atoms with van der Waals surface area (Å²) in [7, 11) is 0. The Balaban J connectivity index is 0. The van der Waals surface area contributed by atoms with Gasteiger partial charge in [0.05, 0.1) is 0 Å². The summed E-state index contributed by atoms with van der Waals surface area (Å²) < 4.78 is 0. The van der Waals surface area contributed by atoms with Gasteiger partial charge in [0.1, 0.15) is 0 Å². The Bertz CT molecular complexity index is 32.5. The molecular formula is H20Br30K10. The summed E-state index contributed by atoms with van der Waals surface area (Å²) in [6, 6.07) is 0. The van der Waals surface area contributed by atoms with Gasteiger partial charge in [0, 0.05) is 0 Å². The predicted molar refractivity (Wildman–Crippen MR) is 206 cm³/mol. The SMILES string of the molecule is Br.Br.Br.Br.Br.Br.Br.Br.Br.Br.Br.Br.Br.Br.Br.Br.Br.Br.Br.Br.[Br-].[Br-].[Br-].[Br-].[Br-].[Br-].[Br-].[Br-].[Br-].[Br-].[K+].[K+].[K+].[K+].[K+].[K+].[K+].[K+].[K+].[K+]. The van der Waals surface area contributed by atoms with Crippen molar-refractivity contribution in [3.05, 3.63) is 0 Å². The van der Waals surface area contributed by atoms with E-state index in [2.05, 4.69) is 0 Å². The van der Waals surface area contributed by atoms with Crippen molar-refractivity contribution in [3.8, 4) is 0 Å². The van der Waals surface area contributed by atoms with Crippen LogP contribution in [0.3, 0.4) is 0 Å². The molecule has 0 unspecified atom stereocenters. The van der Waals surface area contributed by atoms with Crippen LogP contribution in [0.5, 0.6) is 0 Å². The van der Waals surface area contributed by atoms with Gasteiger partial charge < -0.3 is 170 Å². The van der Waals surface area contributed by atoms with E-state index in [1.807, 2.05) is 0 Å². The molecule has 0 bridgehead atoms. The third kappa shape index (κ3) is 334. The molecule has 0 radical (unpaired) electrons. The Labute approximate surface area is 986 Å². The average Bonchev–Trinajstić information content (AvgIpc) is 0. The number of hydrogen-bond acceptors (Lipinski definition) is 0. The summed E-state index contributed by atoms with van der Waals surface area (Å²) in [6.07, 6.45) is 0. The molecule has 0 nitrogen and oxygen atoms in total. The van der Waals surface area contributed by atoms with Crippen molar-refractivity contribution >= 4 is 340 Å². The van der Waals surface area contributed by atoms with Crippen LogP contribution in [0.15, 0.2) is 0 Å². The fraction of sp³-hybridized carbons (Fsp3) is 0. The van der Waals surface area contributed by atoms with Gasteiger partial charge >= 0.3 is 514 Å². The first kappa shape index (κ1) is 364. The molecule has 0 spiro atoms. The van der Waals surface area contributed by atoms with Gasteiger partial charge in [-0.3, -0.25) is 0 Å². The summed E-state index contributed by atoms with van der Waals surface area (Å²) in [4.78, 5) is 0. The molecule has 240 valence electrons. The molecule has 0 fully saturated rings. The van der Waals surface area contributed by atoms with Gasteiger partial charge in [0.15, 0.2) is 0 Å². The number of halogens is 30. The molecule has 0 saturated heterocycles. The zero-order chi connectivity index (χ0) is 0. The maximum absolute atomic E-state index is 0. The molecule has 0 aliphatic rings. The molecule has 0 aliphatic carbocycles. The van der Waals surface area contributed by atoms with Crippen LogP contribution in [0.2, 0.25) is 0 Å². The van der Waals surface area contributed by atoms with Gasteiger partial charge in [-0.1, -0.05) is 0 Å². The van der Waals surface area contributed by atoms with Crippen molar-refractivity contribution in [2.45, 2.75) is 0 Å². The smallest absolute Gasteiger partial charge is 1.00 e. The minimum atomic E-state index is 0. The van der Waals surface area contributed by atoms with Gasteiger partial charge in [0.25, 0.3) is 0 Å². The van der Waals surface area contributed by atoms with E-state index in [0.29, 0.717) is 0 Å². The third-order valence-electron chi connectivity index (χ3n) is 0. The Hall–Kier alpha value is 30.8. The molecular weight excluding hydrogens is 2790 g/mol. The first-order valence-electron chi connectivity index (χ1n) is 0. The molecule has 0 atom stereocenters. The van der Waals surface area contributed by atoms with E-state index < -0.39 is 0 Å². The van der Waals surface area contributed by atoms with Crippen molar-refractivity contribution in [3.63, 3.8) is 0 Å². The maximum atomic E-state index is 0. The van der Waals surface area contributed by atoms with E-state index in [-0.39, 0.29) is 1020 Å². The minimum Gasteiger partial charge on any atom is -1.00 e. The average molecular weight is 2810 g/mol. The summed E-state index contributed by atoms with van der Waals surface area (Å²) >= 11 is 0. The van der Waals surface area contributed by atoms with Crippen LogP contribution < -0.4 is 684 Å². The van der Waals surface area contributed by atoms with Crippen molar-refractivity contribution in [2.24, 2.45) is 0 Å². The van der Waals surface area contributed by atoms with E-state index in [4.69, 9.17) is 0 Å². The van der Waals surface area contributed by atoms with E-state index in [0.717, 1.165) is 0 Å². The molecule has 0 heterocycles. The second-order valence-electron chi connectivity index (χ2n) is 0. The van der Waals surface area contributed by atoms with Crippen molar-refractivity contribution in [2.75, 3.05) is 0 Å². The molecule has 0 saturated carbocycles. The molecule has 40 heteroatoms. The second kappa shape index (κ2) is 349. The molecule has 40 heavy (non-hydrogen) atoms. The Morgan fingerprint density at radius 2 is 0.0750 bits per heavy atom. The fourth-order valence-corrected chi connectivity index (χ4v) is 0. The van der Waals surface area contributed by atoms with Crippen molar-refractivity contribution in [1.29, 1.82) is 0 Å². The van der Waals surface area contributed by atoms with Crippen LogP contribution in [0.1, 0.15) is 0 Å². The van der Waals surface area contributed by atoms with Gasteiger partial charge in [-0.15, -0.1) is 340 Å². The molecule has 0 aromatic heterocycles. The third-order valence-corrected chi connectivity index (χ3v) is 0. The van der Waals surface area contributed by atoms with Crippen LogP contribution in [0.4, 0.5) is 0 Å². The van der Waals surface area contributed by atoms with Crippen molar-refractivity contribution in [1.82, 2.24) is 0 Å². The maximum Gasteiger partial charge on any atom is 1.00 e. The Morgan fingerprint density at radius 1 is 0.0750 bits per heavy atom. The Kier molecular flexibility index (Phi) is 3170. The quantitative estimate of drug-likeness (QED) is 0.212. The predicted octanol–water partition coefficient (Wildman–Crippen LogP) is -48.4. The standard InChI is InChI=1S/30BrH.10K/h30*1H;;;;;;;;;;/q;;;;;;;;;;;;;;;;;;;;;;;;;;;;;;10*+1/p-10. The summed E-state index contributed by atoms with van der Waals surface area (Å²) in [5, 5.41) is 0. The van der Waals surface area contributed by atoms with Gasteiger partial charge in [-0.05, 0) is 0 Å². The van der Waals surface area contributed by atoms with Crippen LogP contribution in [0.25, 0.3) is 0 Å². The second-order valence-corrected chi connectivity index (χ2v) is 0. The van der Waals surface area contributed by atoms with Crippen LogP contribution in [0, 0.1) is 0 Å². The number of rotatable bonds is 0. The molecule has 0 amide bonds. The molecule has 0 aliphatic heterocycles. The zero-order valence-corrected chi connectivity index (χ0v) is 103. The first-order chi connectivity index (χ1) is 0. The van der Waals surface area contributed by atoms with Crippen LogP contribution >= 0.6 is 340 Å². The van der Waals surface area contributed by atoms with Gasteiger partial charge in [-0.2, -0.15) is 0 Å². The van der Waals surface area contributed by atoms with Crippen LogP contribution in [-0.4, -0.2) is 0 Å². The number of hydrogen-bond donors (Lipinski definition) is 0.